The van der Waals surface area contributed by atoms with Gasteiger partial charge in [0, 0.05) is 12.7 Å². The third kappa shape index (κ3) is 3.33. The third-order valence-electron chi connectivity index (χ3n) is 2.94. The maximum absolute atomic E-state index is 4.60. The van der Waals surface area contributed by atoms with Crippen LogP contribution in [0.1, 0.15) is 31.5 Å². The van der Waals surface area contributed by atoms with Crippen LogP contribution in [-0.4, -0.2) is 21.5 Å². The first kappa shape index (κ1) is 14.9. The van der Waals surface area contributed by atoms with Crippen LogP contribution in [0, 0.1) is 6.92 Å². The highest BCUT2D eigenvalue weighted by Crippen LogP contribution is 2.27. The SMILES string of the molecule is CCCNc1nc(-c2ccc(C)cn2)nc(CC)c1Br. The molecule has 0 fully saturated rings. The van der Waals surface area contributed by atoms with Gasteiger partial charge in [0.15, 0.2) is 5.82 Å². The van der Waals surface area contributed by atoms with Crippen LogP contribution < -0.4 is 5.32 Å². The van der Waals surface area contributed by atoms with Crippen LogP contribution in [-0.2, 0) is 6.42 Å². The number of halogens is 1. The van der Waals surface area contributed by atoms with E-state index in [0.717, 1.165) is 46.6 Å². The minimum atomic E-state index is 0.670. The normalized spacial score (nSPS) is 10.6. The summed E-state index contributed by atoms with van der Waals surface area (Å²) in [4.78, 5) is 13.6. The van der Waals surface area contributed by atoms with Crippen LogP contribution in [0.15, 0.2) is 22.8 Å². The molecule has 0 bridgehead atoms. The molecule has 2 aromatic heterocycles. The molecule has 1 N–H and O–H groups in total. The number of pyridine rings is 1. The predicted octanol–water partition coefficient (Wildman–Crippen LogP) is 3.99. The van der Waals surface area contributed by atoms with Crippen LogP contribution >= 0.6 is 15.9 Å². The maximum Gasteiger partial charge on any atom is 0.180 e. The summed E-state index contributed by atoms with van der Waals surface area (Å²) in [5.41, 5.74) is 2.93. The largest absolute Gasteiger partial charge is 0.369 e. The summed E-state index contributed by atoms with van der Waals surface area (Å²) in [5.74, 6) is 1.51. The van der Waals surface area contributed by atoms with Crippen molar-refractivity contribution >= 4 is 21.7 Å². The highest BCUT2D eigenvalue weighted by atomic mass is 79.9. The Morgan fingerprint density at radius 2 is 2.00 bits per heavy atom. The van der Waals surface area contributed by atoms with E-state index in [1.54, 1.807) is 0 Å². The number of hydrogen-bond donors (Lipinski definition) is 1. The highest BCUT2D eigenvalue weighted by Gasteiger charge is 2.12. The lowest BCUT2D eigenvalue weighted by Gasteiger charge is -2.11. The molecule has 0 aliphatic heterocycles. The molecule has 0 aliphatic carbocycles. The van der Waals surface area contributed by atoms with Gasteiger partial charge in [-0.1, -0.05) is 19.9 Å². The number of aryl methyl sites for hydroxylation is 2. The zero-order valence-corrected chi connectivity index (χ0v) is 13.7. The second kappa shape index (κ2) is 6.79. The maximum atomic E-state index is 4.60. The molecule has 0 atom stereocenters. The van der Waals surface area contributed by atoms with E-state index in [9.17, 15) is 0 Å². The van der Waals surface area contributed by atoms with Gasteiger partial charge in [-0.15, -0.1) is 0 Å². The molecule has 20 heavy (non-hydrogen) atoms. The number of nitrogens with zero attached hydrogens (tertiary/aromatic N) is 3. The standard InChI is InChI=1S/C15H19BrN4/c1-4-8-17-15-13(16)11(5-2)19-14(20-15)12-7-6-10(3)9-18-12/h6-7,9H,4-5,8H2,1-3H3,(H,17,19,20). The molecule has 106 valence electrons. The van der Waals surface area contributed by atoms with Crippen molar-refractivity contribution in [3.8, 4) is 11.5 Å². The van der Waals surface area contributed by atoms with Crippen molar-refractivity contribution in [2.75, 3.05) is 11.9 Å². The molecule has 5 heteroatoms. The first-order chi connectivity index (χ1) is 9.65. The second-order valence-electron chi connectivity index (χ2n) is 4.66. The first-order valence-corrected chi connectivity index (χ1v) is 7.68. The summed E-state index contributed by atoms with van der Waals surface area (Å²) in [6.07, 6.45) is 3.74. The van der Waals surface area contributed by atoms with Crippen molar-refractivity contribution in [1.82, 2.24) is 15.0 Å². The summed E-state index contributed by atoms with van der Waals surface area (Å²) in [7, 11) is 0. The van der Waals surface area contributed by atoms with E-state index in [2.05, 4.69) is 50.0 Å². The average molecular weight is 335 g/mol. The van der Waals surface area contributed by atoms with E-state index in [1.165, 1.54) is 0 Å². The molecule has 0 radical (unpaired) electrons. The van der Waals surface area contributed by atoms with Crippen LogP contribution in [0.5, 0.6) is 0 Å². The van der Waals surface area contributed by atoms with Crippen LogP contribution in [0.4, 0.5) is 5.82 Å². The second-order valence-corrected chi connectivity index (χ2v) is 5.45. The molecular formula is C15H19BrN4. The Morgan fingerprint density at radius 3 is 2.60 bits per heavy atom. The van der Waals surface area contributed by atoms with Gasteiger partial charge in [0.2, 0.25) is 0 Å². The Labute approximate surface area is 128 Å². The molecule has 0 saturated heterocycles. The molecule has 2 heterocycles. The lowest BCUT2D eigenvalue weighted by Crippen LogP contribution is -2.07. The van der Waals surface area contributed by atoms with Gasteiger partial charge in [0.25, 0.3) is 0 Å². The minimum Gasteiger partial charge on any atom is -0.369 e. The van der Waals surface area contributed by atoms with Crippen molar-refractivity contribution < 1.29 is 0 Å². The topological polar surface area (TPSA) is 50.7 Å². The van der Waals surface area contributed by atoms with Gasteiger partial charge in [-0.2, -0.15) is 0 Å². The molecule has 0 aliphatic rings. The first-order valence-electron chi connectivity index (χ1n) is 6.89. The average Bonchev–Trinajstić information content (AvgIpc) is 2.47. The fraction of sp³-hybridized carbons (Fsp3) is 0.400. The van der Waals surface area contributed by atoms with Crippen LogP contribution in [0.25, 0.3) is 11.5 Å². The Hall–Kier alpha value is -1.49. The Balaban J connectivity index is 2.44. The van der Waals surface area contributed by atoms with Gasteiger partial charge in [-0.05, 0) is 47.3 Å². The number of rotatable bonds is 5. The molecule has 2 aromatic rings. The minimum absolute atomic E-state index is 0.670. The smallest absolute Gasteiger partial charge is 0.180 e. The Morgan fingerprint density at radius 1 is 1.20 bits per heavy atom. The van der Waals surface area contributed by atoms with Gasteiger partial charge in [-0.3, -0.25) is 4.98 Å². The van der Waals surface area contributed by atoms with E-state index in [0.29, 0.717) is 5.82 Å². The zero-order valence-electron chi connectivity index (χ0n) is 12.1. The molecule has 0 amide bonds. The molecule has 0 saturated carbocycles. The molecule has 4 nitrogen and oxygen atoms in total. The van der Waals surface area contributed by atoms with Crippen molar-refractivity contribution in [3.05, 3.63) is 34.1 Å². The number of nitrogens with one attached hydrogen (secondary N) is 1. The quantitative estimate of drug-likeness (QED) is 0.897. The van der Waals surface area contributed by atoms with Gasteiger partial charge in [0.1, 0.15) is 11.5 Å². The summed E-state index contributed by atoms with van der Waals surface area (Å²) in [6, 6.07) is 3.99. The van der Waals surface area contributed by atoms with Gasteiger partial charge in [0.05, 0.1) is 10.2 Å². The summed E-state index contributed by atoms with van der Waals surface area (Å²) < 4.78 is 0.948. The summed E-state index contributed by atoms with van der Waals surface area (Å²) in [6.45, 7) is 7.12. The van der Waals surface area contributed by atoms with E-state index < -0.39 is 0 Å². The lowest BCUT2D eigenvalue weighted by molar-refractivity contribution is 0.941. The van der Waals surface area contributed by atoms with Gasteiger partial charge in [-0.25, -0.2) is 9.97 Å². The Bertz CT molecular complexity index is 581. The summed E-state index contributed by atoms with van der Waals surface area (Å²) >= 11 is 3.58. The van der Waals surface area contributed by atoms with E-state index in [1.807, 2.05) is 25.3 Å². The zero-order chi connectivity index (χ0) is 14.5. The van der Waals surface area contributed by atoms with Crippen molar-refractivity contribution in [1.29, 1.82) is 0 Å². The van der Waals surface area contributed by atoms with Gasteiger partial charge >= 0.3 is 0 Å². The van der Waals surface area contributed by atoms with E-state index in [-0.39, 0.29) is 0 Å². The number of anilines is 1. The van der Waals surface area contributed by atoms with Crippen molar-refractivity contribution in [2.24, 2.45) is 0 Å². The molecule has 0 aromatic carbocycles. The molecular weight excluding hydrogens is 316 g/mol. The number of hydrogen-bond acceptors (Lipinski definition) is 4. The molecule has 2 rings (SSSR count). The van der Waals surface area contributed by atoms with Crippen LogP contribution in [0.2, 0.25) is 0 Å². The van der Waals surface area contributed by atoms with E-state index >= 15 is 0 Å². The van der Waals surface area contributed by atoms with E-state index in [4.69, 9.17) is 0 Å². The fourth-order valence-corrected chi connectivity index (χ4v) is 2.40. The molecule has 0 unspecified atom stereocenters. The van der Waals surface area contributed by atoms with Crippen molar-refractivity contribution in [3.63, 3.8) is 0 Å². The third-order valence-corrected chi connectivity index (χ3v) is 3.77. The predicted molar refractivity (Wildman–Crippen MR) is 85.9 cm³/mol. The number of aromatic nitrogens is 3. The Kier molecular flexibility index (Phi) is 5.06. The lowest BCUT2D eigenvalue weighted by atomic mass is 10.2. The summed E-state index contributed by atoms with van der Waals surface area (Å²) in [5, 5.41) is 3.33. The monoisotopic (exact) mass is 334 g/mol. The highest BCUT2D eigenvalue weighted by molar-refractivity contribution is 9.10. The van der Waals surface area contributed by atoms with Gasteiger partial charge < -0.3 is 5.32 Å². The molecule has 0 spiro atoms. The fourth-order valence-electron chi connectivity index (χ4n) is 1.80. The van der Waals surface area contributed by atoms with Crippen LogP contribution in [0.3, 0.4) is 0 Å². The van der Waals surface area contributed by atoms with Crippen molar-refractivity contribution in [2.45, 2.75) is 33.6 Å².